The van der Waals surface area contributed by atoms with Crippen LogP contribution in [0.25, 0.3) is 0 Å². The Balaban J connectivity index is 1.80. The van der Waals surface area contributed by atoms with Crippen LogP contribution in [0.2, 0.25) is 0 Å². The fraction of sp³-hybridized carbons (Fsp3) is 0.261. The summed E-state index contributed by atoms with van der Waals surface area (Å²) < 4.78 is 31.0. The van der Waals surface area contributed by atoms with Crippen LogP contribution in [0.5, 0.6) is 0 Å². The maximum absolute atomic E-state index is 12.9. The number of nitrogens with two attached hydrogens (primary N) is 1. The third-order valence-corrected chi connectivity index (χ3v) is 6.52. The number of benzene rings is 2. The molecule has 1 amide bonds. The zero-order chi connectivity index (χ0) is 21.9. The Kier molecular flexibility index (Phi) is 6.43. The van der Waals surface area contributed by atoms with Crippen molar-refractivity contribution in [3.63, 3.8) is 0 Å². The van der Waals surface area contributed by atoms with E-state index in [0.29, 0.717) is 23.7 Å². The van der Waals surface area contributed by atoms with Crippen LogP contribution in [0, 0.1) is 6.92 Å². The van der Waals surface area contributed by atoms with Gasteiger partial charge >= 0.3 is 0 Å². The summed E-state index contributed by atoms with van der Waals surface area (Å²) in [4.78, 5) is 12.9. The molecule has 7 heteroatoms. The average molecular weight is 427 g/mol. The van der Waals surface area contributed by atoms with E-state index < -0.39 is 15.7 Å². The van der Waals surface area contributed by atoms with Gasteiger partial charge in [-0.2, -0.15) is 0 Å². The molecule has 0 aliphatic heterocycles. The molecule has 2 aromatic carbocycles. The molecule has 0 unspecified atom stereocenters. The van der Waals surface area contributed by atoms with Crippen LogP contribution in [0.15, 0.2) is 64.1 Å². The molecular formula is C23H26N2O4S. The molecule has 3 aromatic rings. The summed E-state index contributed by atoms with van der Waals surface area (Å²) in [6, 6.07) is 13.9. The first kappa shape index (κ1) is 21.8. The van der Waals surface area contributed by atoms with E-state index in [2.05, 4.69) is 5.32 Å². The first-order valence-corrected chi connectivity index (χ1v) is 11.4. The van der Waals surface area contributed by atoms with Crippen LogP contribution in [-0.4, -0.2) is 14.3 Å². The monoisotopic (exact) mass is 426 g/mol. The Bertz CT molecular complexity index is 1150. The van der Waals surface area contributed by atoms with Crippen molar-refractivity contribution in [2.24, 2.45) is 5.73 Å². The van der Waals surface area contributed by atoms with E-state index in [4.69, 9.17) is 10.2 Å². The normalized spacial score (nSPS) is 11.6. The number of carbonyl (C=O) groups excluding carboxylic acids is 1. The van der Waals surface area contributed by atoms with Crippen molar-refractivity contribution in [3.8, 4) is 0 Å². The third-order valence-electron chi connectivity index (χ3n) is 4.84. The lowest BCUT2D eigenvalue weighted by Gasteiger charge is -2.10. The zero-order valence-electron chi connectivity index (χ0n) is 17.3. The average Bonchev–Trinajstić information content (AvgIpc) is 3.15. The highest BCUT2D eigenvalue weighted by molar-refractivity contribution is 7.90. The van der Waals surface area contributed by atoms with Crippen LogP contribution >= 0.6 is 0 Å². The Morgan fingerprint density at radius 1 is 1.10 bits per heavy atom. The molecule has 0 spiro atoms. The largest absolute Gasteiger partial charge is 0.459 e. The maximum Gasteiger partial charge on any atom is 0.291 e. The van der Waals surface area contributed by atoms with Crippen molar-refractivity contribution in [3.05, 3.63) is 82.8 Å². The molecule has 30 heavy (non-hydrogen) atoms. The molecule has 0 fully saturated rings. The smallest absolute Gasteiger partial charge is 0.291 e. The summed E-state index contributed by atoms with van der Waals surface area (Å²) in [5.41, 5.74) is 9.49. The van der Waals surface area contributed by atoms with Gasteiger partial charge in [0.05, 0.1) is 16.9 Å². The SMILES string of the molecule is Cc1cc(CN)cc(NC(=O)c2occc2CS(=O)(=O)c2ccc(C(C)C)cc2)c1. The van der Waals surface area contributed by atoms with Gasteiger partial charge in [-0.1, -0.05) is 32.0 Å². The number of sulfone groups is 1. The van der Waals surface area contributed by atoms with Crippen LogP contribution in [-0.2, 0) is 22.1 Å². The lowest BCUT2D eigenvalue weighted by atomic mass is 10.0. The second-order valence-corrected chi connectivity index (χ2v) is 9.61. The molecule has 1 heterocycles. The molecule has 3 rings (SSSR count). The van der Waals surface area contributed by atoms with Gasteiger partial charge in [0.2, 0.25) is 0 Å². The number of furan rings is 1. The fourth-order valence-electron chi connectivity index (χ4n) is 3.24. The number of amides is 1. The molecule has 0 aliphatic carbocycles. The summed E-state index contributed by atoms with van der Waals surface area (Å²) in [7, 11) is -3.63. The van der Waals surface area contributed by atoms with Crippen LogP contribution in [0.3, 0.4) is 0 Å². The van der Waals surface area contributed by atoms with Crippen molar-refractivity contribution < 1.29 is 17.6 Å². The molecule has 0 bridgehead atoms. The van der Waals surface area contributed by atoms with Gasteiger partial charge in [0.1, 0.15) is 0 Å². The second kappa shape index (κ2) is 8.85. The minimum Gasteiger partial charge on any atom is -0.459 e. The maximum atomic E-state index is 12.9. The van der Waals surface area contributed by atoms with Crippen LogP contribution in [0.4, 0.5) is 5.69 Å². The highest BCUT2D eigenvalue weighted by atomic mass is 32.2. The summed E-state index contributed by atoms with van der Waals surface area (Å²) >= 11 is 0. The first-order valence-electron chi connectivity index (χ1n) is 9.70. The van der Waals surface area contributed by atoms with Gasteiger partial charge in [-0.25, -0.2) is 8.42 Å². The fourth-order valence-corrected chi connectivity index (χ4v) is 4.59. The molecule has 6 nitrogen and oxygen atoms in total. The molecule has 0 atom stereocenters. The molecule has 0 radical (unpaired) electrons. The van der Waals surface area contributed by atoms with Crippen molar-refractivity contribution >= 4 is 21.4 Å². The van der Waals surface area contributed by atoms with Crippen LogP contribution in [0.1, 0.15) is 52.6 Å². The Morgan fingerprint density at radius 2 is 1.80 bits per heavy atom. The van der Waals surface area contributed by atoms with E-state index in [-0.39, 0.29) is 16.4 Å². The van der Waals surface area contributed by atoms with Crippen LogP contribution < -0.4 is 11.1 Å². The lowest BCUT2D eigenvalue weighted by Crippen LogP contribution is -2.15. The standard InChI is InChI=1S/C23H26N2O4S/c1-15(2)18-4-6-21(7-5-18)30(27,28)14-19-8-9-29-22(19)23(26)25-20-11-16(3)10-17(12-20)13-24/h4-12,15H,13-14,24H2,1-3H3,(H,25,26). The highest BCUT2D eigenvalue weighted by Gasteiger charge is 2.23. The number of rotatable bonds is 7. The quantitative estimate of drug-likeness (QED) is 0.583. The lowest BCUT2D eigenvalue weighted by molar-refractivity contribution is 0.0996. The number of hydrogen-bond acceptors (Lipinski definition) is 5. The molecular weight excluding hydrogens is 400 g/mol. The second-order valence-electron chi connectivity index (χ2n) is 7.62. The topological polar surface area (TPSA) is 102 Å². The summed E-state index contributed by atoms with van der Waals surface area (Å²) in [6.07, 6.45) is 1.32. The van der Waals surface area contributed by atoms with Gasteiger partial charge < -0.3 is 15.5 Å². The number of anilines is 1. The van der Waals surface area contributed by atoms with E-state index in [1.54, 1.807) is 18.2 Å². The molecule has 0 aliphatic rings. The van der Waals surface area contributed by atoms with Gasteiger partial charge in [-0.05, 0) is 59.9 Å². The zero-order valence-corrected chi connectivity index (χ0v) is 18.1. The van der Waals surface area contributed by atoms with Crippen molar-refractivity contribution in [1.82, 2.24) is 0 Å². The van der Waals surface area contributed by atoms with Gasteiger partial charge in [0.15, 0.2) is 15.6 Å². The van der Waals surface area contributed by atoms with Gasteiger partial charge in [0, 0.05) is 17.8 Å². The Hall–Kier alpha value is -2.90. The number of aryl methyl sites for hydroxylation is 1. The molecule has 0 saturated carbocycles. The predicted molar refractivity (Wildman–Crippen MR) is 117 cm³/mol. The molecule has 1 aromatic heterocycles. The van der Waals surface area contributed by atoms with E-state index >= 15 is 0 Å². The molecule has 3 N–H and O–H groups in total. The van der Waals surface area contributed by atoms with E-state index in [9.17, 15) is 13.2 Å². The van der Waals surface area contributed by atoms with Crippen molar-refractivity contribution in [2.45, 2.75) is 43.9 Å². The van der Waals surface area contributed by atoms with E-state index in [0.717, 1.165) is 16.7 Å². The first-order chi connectivity index (χ1) is 14.2. The number of nitrogens with one attached hydrogen (secondary N) is 1. The summed E-state index contributed by atoms with van der Waals surface area (Å²) in [5, 5.41) is 2.76. The van der Waals surface area contributed by atoms with Crippen molar-refractivity contribution in [1.29, 1.82) is 0 Å². The van der Waals surface area contributed by atoms with Crippen molar-refractivity contribution in [2.75, 3.05) is 5.32 Å². The Labute approximate surface area is 177 Å². The van der Waals surface area contributed by atoms with E-state index in [1.165, 1.54) is 12.3 Å². The Morgan fingerprint density at radius 3 is 2.43 bits per heavy atom. The minimum absolute atomic E-state index is 0.0202. The predicted octanol–water partition coefficient (Wildman–Crippen LogP) is 4.40. The van der Waals surface area contributed by atoms with Gasteiger partial charge in [0.25, 0.3) is 5.91 Å². The number of hydrogen-bond donors (Lipinski definition) is 2. The summed E-state index contributed by atoms with van der Waals surface area (Å²) in [6.45, 7) is 6.35. The van der Waals surface area contributed by atoms with Gasteiger partial charge in [-0.15, -0.1) is 0 Å². The van der Waals surface area contributed by atoms with E-state index in [1.807, 2.05) is 45.0 Å². The van der Waals surface area contributed by atoms with Gasteiger partial charge in [-0.3, -0.25) is 4.79 Å². The number of carbonyl (C=O) groups is 1. The highest BCUT2D eigenvalue weighted by Crippen LogP contribution is 2.23. The molecule has 0 saturated heterocycles. The third kappa shape index (κ3) is 4.98. The summed E-state index contributed by atoms with van der Waals surface area (Å²) in [5.74, 6) is -0.538. The molecule has 158 valence electrons. The minimum atomic E-state index is -3.63.